The van der Waals surface area contributed by atoms with Crippen molar-refractivity contribution in [3.8, 4) is 0 Å². The van der Waals surface area contributed by atoms with Gasteiger partial charge >= 0.3 is 0 Å². The highest BCUT2D eigenvalue weighted by Crippen LogP contribution is 2.32. The largest absolute Gasteiger partial charge is 0.351 e. The molecule has 1 N–H and O–H groups in total. The van der Waals surface area contributed by atoms with Gasteiger partial charge in [-0.1, -0.05) is 6.92 Å². The maximum absolute atomic E-state index is 12.3. The van der Waals surface area contributed by atoms with Crippen LogP contribution in [0, 0.1) is 5.92 Å². The van der Waals surface area contributed by atoms with Gasteiger partial charge in [0.25, 0.3) is 5.91 Å². The normalized spacial score (nSPS) is 22.8. The minimum absolute atomic E-state index is 0.121. The van der Waals surface area contributed by atoms with Crippen molar-refractivity contribution < 1.29 is 4.79 Å². The van der Waals surface area contributed by atoms with E-state index in [2.05, 4.69) is 35.2 Å². The summed E-state index contributed by atoms with van der Waals surface area (Å²) in [4.78, 5) is 19.5. The molecule has 1 aliphatic heterocycles. The first-order chi connectivity index (χ1) is 11.1. The van der Waals surface area contributed by atoms with Crippen LogP contribution < -0.4 is 5.32 Å². The van der Waals surface area contributed by atoms with Crippen LogP contribution in [0.1, 0.15) is 39.9 Å². The Morgan fingerprint density at radius 1 is 1.35 bits per heavy atom. The van der Waals surface area contributed by atoms with Gasteiger partial charge in [0.2, 0.25) is 0 Å². The summed E-state index contributed by atoms with van der Waals surface area (Å²) in [6.07, 6.45) is 4.59. The van der Waals surface area contributed by atoms with Crippen LogP contribution in [0.3, 0.4) is 0 Å². The lowest BCUT2D eigenvalue weighted by Gasteiger charge is -2.32. The van der Waals surface area contributed by atoms with E-state index in [1.54, 1.807) is 11.3 Å². The molecular formula is C18H29N3OS. The Kier molecular flexibility index (Phi) is 5.72. The zero-order chi connectivity index (χ0) is 16.2. The summed E-state index contributed by atoms with van der Waals surface area (Å²) >= 11 is 1.70. The van der Waals surface area contributed by atoms with Gasteiger partial charge in [0.1, 0.15) is 0 Å². The van der Waals surface area contributed by atoms with E-state index in [-0.39, 0.29) is 5.91 Å². The molecule has 0 radical (unpaired) electrons. The Labute approximate surface area is 143 Å². The number of carbonyl (C=O) groups is 1. The summed E-state index contributed by atoms with van der Waals surface area (Å²) in [6.45, 7) is 8.80. The summed E-state index contributed by atoms with van der Waals surface area (Å²) in [5.74, 6) is 0.882. The highest BCUT2D eigenvalue weighted by Gasteiger charge is 2.20. The quantitative estimate of drug-likeness (QED) is 0.838. The number of nitrogens with one attached hydrogen (secondary N) is 1. The molecule has 1 amide bonds. The Morgan fingerprint density at radius 2 is 2.13 bits per heavy atom. The molecule has 128 valence electrons. The lowest BCUT2D eigenvalue weighted by molar-refractivity contribution is 0.0953. The molecule has 1 saturated heterocycles. The highest BCUT2D eigenvalue weighted by atomic mass is 32.1. The van der Waals surface area contributed by atoms with Gasteiger partial charge in [0.15, 0.2) is 0 Å². The van der Waals surface area contributed by atoms with E-state index in [1.807, 2.05) is 0 Å². The van der Waals surface area contributed by atoms with Crippen molar-refractivity contribution in [2.24, 2.45) is 5.92 Å². The number of hydrogen-bond acceptors (Lipinski definition) is 4. The van der Waals surface area contributed by atoms with Crippen molar-refractivity contribution in [2.45, 2.75) is 32.6 Å². The number of nitrogens with zero attached hydrogens (tertiary/aromatic N) is 2. The average Bonchev–Trinajstić information content (AvgIpc) is 2.96. The number of aryl methyl sites for hydroxylation is 1. The van der Waals surface area contributed by atoms with Crippen LogP contribution >= 0.6 is 11.3 Å². The molecular weight excluding hydrogens is 306 g/mol. The summed E-state index contributed by atoms with van der Waals surface area (Å²) in [6, 6.07) is 2.13. The topological polar surface area (TPSA) is 35.6 Å². The Hall–Kier alpha value is -0.910. The molecule has 0 aromatic carbocycles. The second kappa shape index (κ2) is 7.77. The van der Waals surface area contributed by atoms with Gasteiger partial charge in [0.05, 0.1) is 4.88 Å². The van der Waals surface area contributed by atoms with Gasteiger partial charge < -0.3 is 15.1 Å². The van der Waals surface area contributed by atoms with E-state index in [0.29, 0.717) is 0 Å². The van der Waals surface area contributed by atoms with Crippen LogP contribution in [0.2, 0.25) is 0 Å². The fourth-order valence-corrected chi connectivity index (χ4v) is 4.61. The van der Waals surface area contributed by atoms with E-state index < -0.39 is 0 Å². The zero-order valence-corrected chi connectivity index (χ0v) is 15.3. The summed E-state index contributed by atoms with van der Waals surface area (Å²) in [5, 5.41) is 3.10. The molecule has 0 saturated carbocycles. The van der Waals surface area contributed by atoms with Gasteiger partial charge in [-0.25, -0.2) is 0 Å². The summed E-state index contributed by atoms with van der Waals surface area (Å²) < 4.78 is 0. The Bertz CT molecular complexity index is 534. The molecule has 1 fully saturated rings. The number of fused-ring (bicyclic) bond motifs is 1. The third-order valence-corrected chi connectivity index (χ3v) is 6.32. The summed E-state index contributed by atoms with van der Waals surface area (Å²) in [5.41, 5.74) is 1.41. The van der Waals surface area contributed by atoms with Crippen LogP contribution in [-0.4, -0.2) is 62.0 Å². The Balaban J connectivity index is 1.40. The molecule has 4 nitrogen and oxygen atoms in total. The van der Waals surface area contributed by atoms with Crippen molar-refractivity contribution in [2.75, 3.05) is 46.3 Å². The van der Waals surface area contributed by atoms with E-state index in [0.717, 1.165) is 69.3 Å². The fraction of sp³-hybridized carbons (Fsp3) is 0.722. The van der Waals surface area contributed by atoms with Gasteiger partial charge in [-0.05, 0) is 56.8 Å². The van der Waals surface area contributed by atoms with Crippen molar-refractivity contribution in [3.05, 3.63) is 21.4 Å². The first kappa shape index (κ1) is 16.9. The number of hydrogen-bond donors (Lipinski definition) is 1. The number of thiophene rings is 1. The molecule has 0 bridgehead atoms. The van der Waals surface area contributed by atoms with Crippen molar-refractivity contribution >= 4 is 17.2 Å². The molecule has 1 aromatic rings. The van der Waals surface area contributed by atoms with E-state index >= 15 is 0 Å². The van der Waals surface area contributed by atoms with Crippen LogP contribution in [0.4, 0.5) is 0 Å². The first-order valence-electron chi connectivity index (χ1n) is 8.92. The minimum atomic E-state index is 0.121. The maximum Gasteiger partial charge on any atom is 0.261 e. The third kappa shape index (κ3) is 4.55. The van der Waals surface area contributed by atoms with Gasteiger partial charge in [-0.3, -0.25) is 4.79 Å². The molecule has 0 spiro atoms. The fourth-order valence-electron chi connectivity index (χ4n) is 3.48. The second-order valence-corrected chi connectivity index (χ2v) is 8.30. The second-order valence-electron chi connectivity index (χ2n) is 7.16. The van der Waals surface area contributed by atoms with Crippen LogP contribution in [0.5, 0.6) is 0 Å². The molecule has 1 unspecified atom stereocenters. The molecule has 1 aromatic heterocycles. The van der Waals surface area contributed by atoms with Crippen LogP contribution in [0.15, 0.2) is 6.07 Å². The van der Waals surface area contributed by atoms with E-state index in [4.69, 9.17) is 0 Å². The highest BCUT2D eigenvalue weighted by molar-refractivity contribution is 7.14. The average molecular weight is 336 g/mol. The predicted octanol–water partition coefficient (Wildman–Crippen LogP) is 2.24. The molecule has 5 heteroatoms. The van der Waals surface area contributed by atoms with Gasteiger partial charge in [0, 0.05) is 37.6 Å². The molecule has 1 atom stereocenters. The standard InChI is InChI=1S/C18H29N3OS/c1-14-4-5-16-15(12-14)13-17(23-16)18(22)19-6-3-7-21-10-8-20(2)9-11-21/h13-14H,3-12H2,1-2H3,(H,19,22). The van der Waals surface area contributed by atoms with Crippen molar-refractivity contribution in [3.63, 3.8) is 0 Å². The van der Waals surface area contributed by atoms with E-state index in [1.165, 1.54) is 16.9 Å². The molecule has 2 heterocycles. The number of likely N-dealkylation sites (N-methyl/N-ethyl adjacent to an activating group) is 1. The molecule has 2 aliphatic rings. The van der Waals surface area contributed by atoms with Crippen LogP contribution in [0.25, 0.3) is 0 Å². The number of carbonyl (C=O) groups excluding carboxylic acids is 1. The van der Waals surface area contributed by atoms with Crippen LogP contribution in [-0.2, 0) is 12.8 Å². The maximum atomic E-state index is 12.3. The van der Waals surface area contributed by atoms with E-state index in [9.17, 15) is 4.79 Å². The lowest BCUT2D eigenvalue weighted by Crippen LogP contribution is -2.45. The lowest BCUT2D eigenvalue weighted by atomic mass is 9.90. The molecule has 3 rings (SSSR count). The number of piperazine rings is 1. The van der Waals surface area contributed by atoms with Gasteiger partial charge in [-0.15, -0.1) is 11.3 Å². The number of amides is 1. The molecule has 1 aliphatic carbocycles. The van der Waals surface area contributed by atoms with Crippen molar-refractivity contribution in [1.29, 1.82) is 0 Å². The Morgan fingerprint density at radius 3 is 2.91 bits per heavy atom. The minimum Gasteiger partial charge on any atom is -0.351 e. The SMILES string of the molecule is CC1CCc2sc(C(=O)NCCCN3CCN(C)CC3)cc2C1. The zero-order valence-electron chi connectivity index (χ0n) is 14.4. The van der Waals surface area contributed by atoms with Gasteiger partial charge in [-0.2, -0.15) is 0 Å². The first-order valence-corrected chi connectivity index (χ1v) is 9.74. The molecule has 23 heavy (non-hydrogen) atoms. The summed E-state index contributed by atoms with van der Waals surface area (Å²) in [7, 11) is 2.18. The monoisotopic (exact) mass is 335 g/mol. The smallest absolute Gasteiger partial charge is 0.261 e. The number of rotatable bonds is 5. The van der Waals surface area contributed by atoms with Crippen molar-refractivity contribution in [1.82, 2.24) is 15.1 Å². The predicted molar refractivity (Wildman–Crippen MR) is 96.4 cm³/mol. The third-order valence-electron chi connectivity index (χ3n) is 5.09.